The number of hydrazone groups is 2. The molecule has 62 heavy (non-hydrogen) atoms. The average Bonchev–Trinajstić information content (AvgIpc) is 3.09. The topological polar surface area (TPSA) is 364 Å². The molecule has 0 spiro atoms. The maximum Gasteiger partial charge on any atom is 1.00 e. The van der Waals surface area contributed by atoms with Crippen molar-refractivity contribution in [1.82, 2.24) is 0 Å². The van der Waals surface area contributed by atoms with Crippen LogP contribution in [0.5, 0.6) is 0 Å². The third-order valence-electron chi connectivity index (χ3n) is 8.86. The molecule has 2 aliphatic carbocycles. The molecule has 2 aliphatic rings. The first-order valence-corrected chi connectivity index (χ1v) is 21.5. The van der Waals surface area contributed by atoms with Crippen LogP contribution in [-0.4, -0.2) is 74.9 Å². The Morgan fingerprint density at radius 3 is 1.06 bits per heavy atom. The minimum atomic E-state index is -5.40. The second-order valence-corrected chi connectivity index (χ2v) is 18.0. The zero-order valence-corrected chi connectivity index (χ0v) is 44.6. The van der Waals surface area contributed by atoms with Gasteiger partial charge in [0.15, 0.2) is 0 Å². The van der Waals surface area contributed by atoms with Gasteiger partial charge in [-0.15, -0.1) is 0 Å². The number of hydrogen-bond acceptors (Lipinski definition) is 20. The van der Waals surface area contributed by atoms with Gasteiger partial charge in [0.05, 0.1) is 53.5 Å². The summed E-state index contributed by atoms with van der Waals surface area (Å²) in [6.45, 7) is 3.41. The van der Waals surface area contributed by atoms with Crippen LogP contribution >= 0.6 is 0 Å². The second-order valence-electron chi connectivity index (χ2n) is 12.6. The van der Waals surface area contributed by atoms with E-state index in [4.69, 9.17) is 11.5 Å². The molecule has 302 valence electrons. The van der Waals surface area contributed by atoms with Crippen molar-refractivity contribution < 1.29 is 180 Å². The summed E-state index contributed by atoms with van der Waals surface area (Å²) in [5.41, 5.74) is 15.6. The summed E-state index contributed by atoms with van der Waals surface area (Å²) >= 11 is 0. The molecule has 20 nitrogen and oxygen atoms in total. The average molecular weight is 961 g/mol. The Morgan fingerprint density at radius 2 is 0.790 bits per heavy atom. The van der Waals surface area contributed by atoms with Gasteiger partial charge in [-0.25, -0.2) is 33.7 Å². The Morgan fingerprint density at radius 1 is 0.484 bits per heavy atom. The van der Waals surface area contributed by atoms with Gasteiger partial charge in [0.1, 0.15) is 51.9 Å². The van der Waals surface area contributed by atoms with Gasteiger partial charge in [0.25, 0.3) is 0 Å². The molecule has 0 aliphatic heterocycles. The molecule has 0 unspecified atom stereocenters. The molecule has 0 saturated carbocycles. The van der Waals surface area contributed by atoms with Crippen molar-refractivity contribution in [2.75, 3.05) is 22.3 Å². The number of carbonyl (C=O) groups is 2. The molecule has 6 N–H and O–H groups in total. The van der Waals surface area contributed by atoms with E-state index >= 15 is 0 Å². The number of nitrogens with two attached hydrogens (primary N) is 2. The van der Waals surface area contributed by atoms with Gasteiger partial charge in [0, 0.05) is 11.1 Å². The standard InChI is InChI=1S/C34H28N6O14S4.4Na/c1-15-11-17(3-7-21(15)37-39-23-9-5-19-25(55(43,44)45)13-27(57(49,50)51)31(35)29(19)33(23)41)18-4-8-22(16(2)12-18)38-40-24-10-6-20-26(56(46,47)48)14-28(58(52,53)54)32(36)30(20)34(24)42;;;;/h3-14,37-38H,35-36H2,1-2H3,(H,43,44,45)(H,46,47,48)(H,49,50,51)(H,52,53,54);;;;/q;4*+1/p-4. The Balaban J connectivity index is 0.00000331. The molecule has 0 fully saturated rings. The fourth-order valence-electron chi connectivity index (χ4n) is 6.07. The van der Waals surface area contributed by atoms with Gasteiger partial charge in [-0.1, -0.05) is 24.3 Å². The van der Waals surface area contributed by atoms with Crippen LogP contribution in [0.25, 0.3) is 23.3 Å². The van der Waals surface area contributed by atoms with Gasteiger partial charge in [0.2, 0.25) is 11.6 Å². The smallest absolute Gasteiger partial charge is 0.744 e. The van der Waals surface area contributed by atoms with E-state index in [1.807, 2.05) is 0 Å². The normalized spacial score (nSPS) is 14.7. The first-order chi connectivity index (χ1) is 26.8. The molecule has 0 aromatic heterocycles. The number of nitrogens with zero attached hydrogens (tertiary/aromatic N) is 2. The third kappa shape index (κ3) is 11.5. The number of aryl methyl sites for hydroxylation is 2. The van der Waals surface area contributed by atoms with E-state index in [1.54, 1.807) is 50.2 Å². The Bertz CT molecular complexity index is 2950. The number of rotatable bonds is 9. The first-order valence-electron chi connectivity index (χ1n) is 15.9. The van der Waals surface area contributed by atoms with Gasteiger partial charge in [-0.05, 0) is 84.7 Å². The number of allylic oxidation sites excluding steroid dienone is 2. The second kappa shape index (κ2) is 20.6. The van der Waals surface area contributed by atoms with E-state index in [0.29, 0.717) is 45.8 Å². The Kier molecular flexibility index (Phi) is 18.6. The molecular formula is C34H24N6Na4O14S4. The summed E-state index contributed by atoms with van der Waals surface area (Å²) in [7, 11) is -21.5. The van der Waals surface area contributed by atoms with Crippen LogP contribution < -0.4 is 141 Å². The van der Waals surface area contributed by atoms with Gasteiger partial charge in [-0.3, -0.25) is 20.4 Å². The summed E-state index contributed by atoms with van der Waals surface area (Å²) in [6, 6.07) is 10.8. The molecule has 0 heterocycles. The van der Waals surface area contributed by atoms with Crippen molar-refractivity contribution in [3.05, 3.63) is 94.1 Å². The maximum absolute atomic E-state index is 13.3. The summed E-state index contributed by atoms with van der Waals surface area (Å²) in [5, 5.41) is 8.08. The molecule has 0 saturated heterocycles. The van der Waals surface area contributed by atoms with E-state index in [9.17, 15) is 61.5 Å². The van der Waals surface area contributed by atoms with Crippen LogP contribution in [0.2, 0.25) is 0 Å². The van der Waals surface area contributed by atoms with Crippen molar-refractivity contribution in [1.29, 1.82) is 0 Å². The largest absolute Gasteiger partial charge is 1.00 e. The molecule has 4 aromatic rings. The number of ketones is 2. The predicted octanol–water partition coefficient (Wildman–Crippen LogP) is -9.88. The molecule has 0 atom stereocenters. The number of nitrogen functional groups attached to an aromatic ring is 2. The third-order valence-corrected chi connectivity index (χ3v) is 12.4. The minimum Gasteiger partial charge on any atom is -0.744 e. The summed E-state index contributed by atoms with van der Waals surface area (Å²) in [4.78, 5) is 21.9. The van der Waals surface area contributed by atoms with Crippen LogP contribution in [0.3, 0.4) is 0 Å². The predicted molar refractivity (Wildman–Crippen MR) is 204 cm³/mol. The molecule has 0 bridgehead atoms. The van der Waals surface area contributed by atoms with Crippen LogP contribution in [-0.2, 0) is 40.5 Å². The number of carbonyl (C=O) groups excluding carboxylic acids is 2. The molecule has 0 amide bonds. The Labute approximate surface area is 443 Å². The van der Waals surface area contributed by atoms with Crippen molar-refractivity contribution in [3.8, 4) is 11.1 Å². The van der Waals surface area contributed by atoms with E-state index < -0.39 is 105 Å². The van der Waals surface area contributed by atoms with Gasteiger partial charge >= 0.3 is 118 Å². The Hall–Kier alpha value is -2.12. The zero-order valence-electron chi connectivity index (χ0n) is 33.3. The number of benzene rings is 4. The maximum atomic E-state index is 13.3. The van der Waals surface area contributed by atoms with Crippen LogP contribution in [0.1, 0.15) is 43.0 Å². The number of Topliss-reactive ketones (excluding diaryl/α,β-unsaturated/α-hetero) is 2. The SMILES string of the molecule is Cc1cc(-c2ccc(NN=C3C=Cc4c(S(=O)(=O)[O-])cc(S(=O)(=O)[O-])c(N)c4C3=O)c(C)c2)ccc1NN=C1C=Cc2c(S(=O)(=O)[O-])cc(S(=O)(=O)[O-])c(N)c2C1=O.[Na+].[Na+].[Na+].[Na+]. The van der Waals surface area contributed by atoms with E-state index in [1.165, 1.54) is 0 Å². The van der Waals surface area contributed by atoms with Gasteiger partial charge in [-0.2, -0.15) is 10.2 Å². The van der Waals surface area contributed by atoms with E-state index in [-0.39, 0.29) is 130 Å². The van der Waals surface area contributed by atoms with Crippen molar-refractivity contribution >= 4 is 98.4 Å². The quantitative estimate of drug-likeness (QED) is 0.0524. The van der Waals surface area contributed by atoms with Crippen LogP contribution in [0, 0.1) is 13.8 Å². The summed E-state index contributed by atoms with van der Waals surface area (Å²) in [5.74, 6) is -2.13. The minimum absolute atomic E-state index is 0. The fraction of sp³-hybridized carbons (Fsp3) is 0.0588. The van der Waals surface area contributed by atoms with Crippen molar-refractivity contribution in [2.45, 2.75) is 33.4 Å². The van der Waals surface area contributed by atoms with Crippen molar-refractivity contribution in [3.63, 3.8) is 0 Å². The first kappa shape index (κ1) is 56.0. The summed E-state index contributed by atoms with van der Waals surface area (Å²) in [6.07, 6.45) is 4.21. The number of anilines is 4. The van der Waals surface area contributed by atoms with Crippen molar-refractivity contribution in [2.24, 2.45) is 10.2 Å². The monoisotopic (exact) mass is 960 g/mol. The number of nitrogens with one attached hydrogen (secondary N) is 2. The fourth-order valence-corrected chi connectivity index (χ4v) is 8.89. The van der Waals surface area contributed by atoms with Crippen LogP contribution in [0.15, 0.2) is 90.5 Å². The van der Waals surface area contributed by atoms with Gasteiger partial charge < -0.3 is 29.7 Å². The molecule has 4 aromatic carbocycles. The molecule has 0 radical (unpaired) electrons. The molecule has 6 rings (SSSR count). The summed E-state index contributed by atoms with van der Waals surface area (Å²) < 4.78 is 142. The molecular weight excluding hydrogens is 937 g/mol. The van der Waals surface area contributed by atoms with Crippen LogP contribution in [0.4, 0.5) is 22.7 Å². The zero-order chi connectivity index (χ0) is 42.9. The molecule has 28 heteroatoms. The van der Waals surface area contributed by atoms with E-state index in [2.05, 4.69) is 21.1 Å². The number of hydrogen-bond donors (Lipinski definition) is 4. The van der Waals surface area contributed by atoms with E-state index in [0.717, 1.165) is 24.3 Å². The number of fused-ring (bicyclic) bond motifs is 2.